The molecule has 2 aromatic carbocycles. The Balaban J connectivity index is 1.64. The third kappa shape index (κ3) is 2.69. The van der Waals surface area contributed by atoms with Crippen molar-refractivity contribution in [1.82, 2.24) is 9.55 Å². The van der Waals surface area contributed by atoms with Crippen molar-refractivity contribution in [2.45, 2.75) is 25.9 Å². The van der Waals surface area contributed by atoms with E-state index >= 15 is 0 Å². The molecule has 0 saturated carbocycles. The van der Waals surface area contributed by atoms with Gasteiger partial charge in [-0.2, -0.15) is 0 Å². The lowest BCUT2D eigenvalue weighted by atomic mass is 10.1. The number of nitrogens with zero attached hydrogens (tertiary/aromatic N) is 2. The van der Waals surface area contributed by atoms with E-state index in [4.69, 9.17) is 4.74 Å². The van der Waals surface area contributed by atoms with Crippen LogP contribution in [0.4, 0.5) is 5.69 Å². The lowest BCUT2D eigenvalue weighted by molar-refractivity contribution is 0.371. The summed E-state index contributed by atoms with van der Waals surface area (Å²) < 4.78 is 6.89. The largest absolute Gasteiger partial charge is 0.504 e. The van der Waals surface area contributed by atoms with Gasteiger partial charge in [0, 0.05) is 30.8 Å². The zero-order valence-electron chi connectivity index (χ0n) is 14.0. The molecule has 0 saturated heterocycles. The summed E-state index contributed by atoms with van der Waals surface area (Å²) in [5, 5.41) is 14.0. The predicted molar refractivity (Wildman–Crippen MR) is 96.3 cm³/mol. The highest BCUT2D eigenvalue weighted by Gasteiger charge is 2.16. The molecule has 3 aromatic rings. The SMILES string of the molecule is COc1cccc(CNc2ccc3nc4n(c(=O)c3c2)CCC4)c1O. The number of hydrogen-bond donors (Lipinski definition) is 2. The minimum Gasteiger partial charge on any atom is -0.504 e. The number of aromatic hydroxyl groups is 1. The van der Waals surface area contributed by atoms with Crippen LogP contribution in [0.3, 0.4) is 0 Å². The van der Waals surface area contributed by atoms with Crippen LogP contribution in [0.5, 0.6) is 11.5 Å². The number of phenols is 1. The maximum absolute atomic E-state index is 12.6. The Morgan fingerprint density at radius 3 is 3.04 bits per heavy atom. The molecular formula is C19H19N3O3. The first-order valence-electron chi connectivity index (χ1n) is 8.29. The topological polar surface area (TPSA) is 76.4 Å². The van der Waals surface area contributed by atoms with Crippen LogP contribution in [0.2, 0.25) is 0 Å². The number of ether oxygens (including phenoxy) is 1. The molecule has 0 aliphatic carbocycles. The Morgan fingerprint density at radius 1 is 1.32 bits per heavy atom. The van der Waals surface area contributed by atoms with Crippen molar-refractivity contribution in [3.05, 3.63) is 58.1 Å². The van der Waals surface area contributed by atoms with Crippen LogP contribution in [0.1, 0.15) is 17.8 Å². The van der Waals surface area contributed by atoms with Crippen LogP contribution in [-0.4, -0.2) is 21.8 Å². The third-order valence-electron chi connectivity index (χ3n) is 4.60. The molecule has 0 fully saturated rings. The minimum atomic E-state index is 0.0189. The Morgan fingerprint density at radius 2 is 2.20 bits per heavy atom. The fourth-order valence-electron chi connectivity index (χ4n) is 3.27. The Kier molecular flexibility index (Phi) is 3.80. The van der Waals surface area contributed by atoms with E-state index in [1.807, 2.05) is 30.3 Å². The number of methoxy groups -OCH3 is 1. The van der Waals surface area contributed by atoms with Gasteiger partial charge in [0.25, 0.3) is 5.56 Å². The second-order valence-corrected chi connectivity index (χ2v) is 6.14. The molecule has 0 radical (unpaired) electrons. The molecule has 1 aliphatic heterocycles. The van der Waals surface area contributed by atoms with Gasteiger partial charge in [0.05, 0.1) is 18.0 Å². The normalized spacial score (nSPS) is 13.0. The van der Waals surface area contributed by atoms with Crippen molar-refractivity contribution in [2.24, 2.45) is 0 Å². The quantitative estimate of drug-likeness (QED) is 0.765. The van der Waals surface area contributed by atoms with Gasteiger partial charge in [0.1, 0.15) is 5.82 Å². The number of para-hydroxylation sites is 1. The summed E-state index contributed by atoms with van der Waals surface area (Å²) in [4.78, 5) is 17.2. The van der Waals surface area contributed by atoms with Crippen molar-refractivity contribution in [2.75, 3.05) is 12.4 Å². The lowest BCUT2D eigenvalue weighted by Gasteiger charge is -2.11. The predicted octanol–water partition coefficient (Wildman–Crippen LogP) is 2.67. The van der Waals surface area contributed by atoms with E-state index in [9.17, 15) is 9.90 Å². The van der Waals surface area contributed by atoms with Gasteiger partial charge in [0.2, 0.25) is 0 Å². The van der Waals surface area contributed by atoms with E-state index in [1.54, 1.807) is 10.6 Å². The molecule has 6 nitrogen and oxygen atoms in total. The van der Waals surface area contributed by atoms with Crippen LogP contribution in [0.25, 0.3) is 10.9 Å². The third-order valence-corrected chi connectivity index (χ3v) is 4.60. The Hall–Kier alpha value is -3.02. The number of hydrogen-bond acceptors (Lipinski definition) is 5. The number of nitrogens with one attached hydrogen (secondary N) is 1. The minimum absolute atomic E-state index is 0.0189. The number of aryl methyl sites for hydroxylation is 1. The van der Waals surface area contributed by atoms with Gasteiger partial charge in [-0.25, -0.2) is 4.98 Å². The van der Waals surface area contributed by atoms with E-state index in [0.29, 0.717) is 17.7 Å². The summed E-state index contributed by atoms with van der Waals surface area (Å²) in [6.07, 6.45) is 1.83. The summed E-state index contributed by atoms with van der Waals surface area (Å²) in [5.74, 6) is 1.44. The number of aromatic nitrogens is 2. The van der Waals surface area contributed by atoms with Gasteiger partial charge in [-0.15, -0.1) is 0 Å². The second-order valence-electron chi connectivity index (χ2n) is 6.14. The van der Waals surface area contributed by atoms with E-state index in [2.05, 4.69) is 10.3 Å². The van der Waals surface area contributed by atoms with Gasteiger partial charge in [-0.3, -0.25) is 9.36 Å². The number of fused-ring (bicyclic) bond motifs is 2. The van der Waals surface area contributed by atoms with Crippen LogP contribution < -0.4 is 15.6 Å². The summed E-state index contributed by atoms with van der Waals surface area (Å²) >= 11 is 0. The summed E-state index contributed by atoms with van der Waals surface area (Å²) in [6, 6.07) is 11.0. The lowest BCUT2D eigenvalue weighted by Crippen LogP contribution is -2.21. The molecule has 2 N–H and O–H groups in total. The molecule has 1 aromatic heterocycles. The molecule has 6 heteroatoms. The van der Waals surface area contributed by atoms with E-state index < -0.39 is 0 Å². The van der Waals surface area contributed by atoms with Crippen LogP contribution in [0.15, 0.2) is 41.2 Å². The smallest absolute Gasteiger partial charge is 0.261 e. The number of rotatable bonds is 4. The van der Waals surface area contributed by atoms with Gasteiger partial charge in [-0.05, 0) is 30.7 Å². The molecule has 0 bridgehead atoms. The van der Waals surface area contributed by atoms with Crippen molar-refractivity contribution in [3.63, 3.8) is 0 Å². The number of anilines is 1. The highest BCUT2D eigenvalue weighted by Crippen LogP contribution is 2.30. The molecule has 0 unspecified atom stereocenters. The van der Waals surface area contributed by atoms with Gasteiger partial charge in [-0.1, -0.05) is 12.1 Å². The summed E-state index contributed by atoms with van der Waals surface area (Å²) in [6.45, 7) is 1.17. The standard InChI is InChI=1S/C19H19N3O3/c1-25-16-5-2-4-12(18(16)23)11-20-13-7-8-15-14(10-13)19(24)22-9-3-6-17(22)21-15/h2,4-5,7-8,10,20,23H,3,6,9,11H2,1H3. The molecule has 0 atom stereocenters. The zero-order valence-corrected chi connectivity index (χ0v) is 14.0. The second kappa shape index (κ2) is 6.12. The summed E-state index contributed by atoms with van der Waals surface area (Å²) in [7, 11) is 1.52. The van der Waals surface area contributed by atoms with E-state index in [-0.39, 0.29) is 11.3 Å². The maximum atomic E-state index is 12.6. The fourth-order valence-corrected chi connectivity index (χ4v) is 3.27. The van der Waals surface area contributed by atoms with Crippen LogP contribution in [0, 0.1) is 0 Å². The van der Waals surface area contributed by atoms with Gasteiger partial charge in [0.15, 0.2) is 11.5 Å². The molecule has 0 amide bonds. The molecular weight excluding hydrogens is 318 g/mol. The first-order valence-corrected chi connectivity index (χ1v) is 8.29. The van der Waals surface area contributed by atoms with Crippen LogP contribution in [-0.2, 0) is 19.5 Å². The zero-order chi connectivity index (χ0) is 17.4. The van der Waals surface area contributed by atoms with E-state index in [1.165, 1.54) is 7.11 Å². The average molecular weight is 337 g/mol. The summed E-state index contributed by atoms with van der Waals surface area (Å²) in [5.41, 5.74) is 2.29. The van der Waals surface area contributed by atoms with Crippen molar-refractivity contribution in [3.8, 4) is 11.5 Å². The molecule has 0 spiro atoms. The van der Waals surface area contributed by atoms with E-state index in [0.717, 1.165) is 42.0 Å². The Labute approximate surface area is 144 Å². The molecule has 128 valence electrons. The van der Waals surface area contributed by atoms with Crippen molar-refractivity contribution >= 4 is 16.6 Å². The highest BCUT2D eigenvalue weighted by molar-refractivity contribution is 5.81. The highest BCUT2D eigenvalue weighted by atomic mass is 16.5. The van der Waals surface area contributed by atoms with Crippen molar-refractivity contribution < 1.29 is 9.84 Å². The van der Waals surface area contributed by atoms with Gasteiger partial charge >= 0.3 is 0 Å². The average Bonchev–Trinajstić information content (AvgIpc) is 3.10. The molecule has 1 aliphatic rings. The first-order chi connectivity index (χ1) is 12.2. The van der Waals surface area contributed by atoms with Gasteiger partial charge < -0.3 is 15.2 Å². The first kappa shape index (κ1) is 15.5. The molecule has 4 rings (SSSR count). The monoisotopic (exact) mass is 337 g/mol. The van der Waals surface area contributed by atoms with Crippen molar-refractivity contribution in [1.29, 1.82) is 0 Å². The number of benzene rings is 2. The molecule has 2 heterocycles. The van der Waals surface area contributed by atoms with Crippen LogP contribution >= 0.6 is 0 Å². The number of phenolic OH excluding ortho intramolecular Hbond substituents is 1. The fraction of sp³-hybridized carbons (Fsp3) is 0.263. The maximum Gasteiger partial charge on any atom is 0.261 e. The Bertz CT molecular complexity index is 1010. The molecule has 25 heavy (non-hydrogen) atoms.